The molecule has 16 rings (SSSR count). The molecule has 1 atom stereocenters. The van der Waals surface area contributed by atoms with E-state index >= 15 is 31.9 Å². The van der Waals surface area contributed by atoms with Gasteiger partial charge in [-0.15, -0.1) is 0 Å². The lowest BCUT2D eigenvalue weighted by molar-refractivity contribution is 0.0708. The number of hydrogen-bond donors (Lipinski definition) is 1. The van der Waals surface area contributed by atoms with E-state index in [0.717, 1.165) is 90.7 Å². The molecule has 14 aromatic rings. The summed E-state index contributed by atoms with van der Waals surface area (Å²) in [5.41, 5.74) is 3.14. The number of likely N-dealkylation sites (tertiary alicyclic amines) is 2. The van der Waals surface area contributed by atoms with Gasteiger partial charge in [-0.05, 0) is 192 Å². The number of nitrogens with one attached hydrogen (secondary N) is 1. The van der Waals surface area contributed by atoms with E-state index in [4.69, 9.17) is 10.2 Å². The minimum atomic E-state index is -1.42. The van der Waals surface area contributed by atoms with Crippen LogP contribution in [0.2, 0.25) is 0 Å². The highest BCUT2D eigenvalue weighted by molar-refractivity contribution is 6.16. The van der Waals surface area contributed by atoms with Gasteiger partial charge in [0.25, 0.3) is 17.7 Å². The van der Waals surface area contributed by atoms with E-state index in [0.29, 0.717) is 62.9 Å². The Morgan fingerprint density at radius 3 is 1.33 bits per heavy atom. The normalized spacial score (nSPS) is 14.1. The molecule has 0 bridgehead atoms. The zero-order valence-electron chi connectivity index (χ0n) is 58.0. The van der Waals surface area contributed by atoms with Crippen molar-refractivity contribution in [1.29, 1.82) is 0 Å². The molecule has 11 nitrogen and oxygen atoms in total. The number of anilines is 3. The lowest BCUT2D eigenvalue weighted by Gasteiger charge is -2.37. The molecule has 17 heteroatoms. The van der Waals surface area contributed by atoms with Crippen LogP contribution in [-0.2, 0) is 23.9 Å². The molecule has 107 heavy (non-hydrogen) atoms. The summed E-state index contributed by atoms with van der Waals surface area (Å²) in [6.07, 6.45) is 3.63. The molecule has 3 amide bonds. The molecular formula is C90H70F6N8O3. The molecule has 2 aromatic heterocycles. The molecule has 2 aliphatic rings. The summed E-state index contributed by atoms with van der Waals surface area (Å²) >= 11 is 0. The molecule has 1 N–H and O–H groups in total. The van der Waals surface area contributed by atoms with Crippen LogP contribution in [0.5, 0.6) is 0 Å². The lowest BCUT2D eigenvalue weighted by atomic mass is 9.77. The number of hydrogen-bond acceptors (Lipinski definition) is 6. The predicted octanol–water partition coefficient (Wildman–Crippen LogP) is 19.0. The Morgan fingerprint density at radius 1 is 0.421 bits per heavy atom. The monoisotopic (exact) mass is 1420 g/mol. The highest BCUT2D eigenvalue weighted by Crippen LogP contribution is 2.48. The zero-order valence-corrected chi connectivity index (χ0v) is 58.0. The summed E-state index contributed by atoms with van der Waals surface area (Å²) in [6, 6.07) is 82.1. The van der Waals surface area contributed by atoms with Crippen molar-refractivity contribution >= 4 is 56.9 Å². The lowest BCUT2D eigenvalue weighted by Crippen LogP contribution is -2.42. The molecule has 530 valence electrons. The third kappa shape index (κ3) is 13.1. The highest BCUT2D eigenvalue weighted by atomic mass is 19.2. The number of nitrogens with zero attached hydrogens (tertiary/aromatic N) is 7. The molecular weight excluding hydrogens is 1360 g/mol. The van der Waals surface area contributed by atoms with Crippen LogP contribution in [0.3, 0.4) is 0 Å². The SMILES string of the molecule is O=C(Nc1nn(C(c2ccccc2)(c2ccccc2)c2ccccc2)c2ccc(Cc3cc(F)cc(F)c3)cc12)c1ccc(F)c(C(=O)N(c2cc(C(=O)N3CCC[C@H]3CN3CCCC3)ccc2F)c2nn(C(c3ccccc3)(c3ccccc3)c3ccccc3)c3ccc(Cc4cc(F)cc(F)c4)cc23)c1. The number of rotatable bonds is 20. The molecule has 0 unspecified atom stereocenters. The second-order valence-electron chi connectivity index (χ2n) is 27.5. The summed E-state index contributed by atoms with van der Waals surface area (Å²) in [5.74, 6) is -7.85. The van der Waals surface area contributed by atoms with E-state index in [1.54, 1.807) is 33.8 Å². The molecule has 2 saturated heterocycles. The first-order valence-electron chi connectivity index (χ1n) is 35.8. The Hall–Kier alpha value is -12.5. The van der Waals surface area contributed by atoms with Gasteiger partial charge in [0.15, 0.2) is 11.6 Å². The number of benzene rings is 12. The highest BCUT2D eigenvalue weighted by Gasteiger charge is 2.45. The minimum absolute atomic E-state index is 0.0278. The van der Waals surface area contributed by atoms with Gasteiger partial charge >= 0.3 is 0 Å². The second-order valence-corrected chi connectivity index (χ2v) is 27.5. The van der Waals surface area contributed by atoms with Crippen LogP contribution < -0.4 is 10.2 Å². The van der Waals surface area contributed by atoms with Gasteiger partial charge in [0.2, 0.25) is 0 Å². The van der Waals surface area contributed by atoms with Crippen molar-refractivity contribution in [1.82, 2.24) is 29.4 Å². The Labute approximate surface area is 614 Å². The van der Waals surface area contributed by atoms with Crippen LogP contribution in [0.15, 0.2) is 291 Å². The van der Waals surface area contributed by atoms with Gasteiger partial charge < -0.3 is 15.1 Å². The second kappa shape index (κ2) is 29.2. The van der Waals surface area contributed by atoms with Gasteiger partial charge in [0.05, 0.1) is 22.3 Å². The largest absolute Gasteiger partial charge is 0.334 e. The van der Waals surface area contributed by atoms with Crippen LogP contribution in [-0.4, -0.2) is 79.3 Å². The van der Waals surface area contributed by atoms with Gasteiger partial charge in [-0.1, -0.05) is 194 Å². The van der Waals surface area contributed by atoms with Crippen molar-refractivity contribution in [3.63, 3.8) is 0 Å². The standard InChI is InChI=1S/C90H70F6N8O3/c91-71-48-61(49-72(92)56-71)46-59-35-41-81-77(52-59)84(98-103(81)89(65-22-7-1-8-23-65,66-24-9-2-10-25-66)67-26-11-3-12-27-67)97-86(105)63-37-39-79(95)76(54-63)88(107)102(83-55-64(38-40-80(83)96)87(106)101-45-21-34-75(101)58-100-43-19-20-44-100)85-78-53-60(47-62-50-73(93)57-74(94)51-62)36-42-82(78)104(99-85)90(68-28-13-4-14-29-68,69-30-15-5-16-31-69)70-32-17-6-18-33-70/h1-18,22-33,35-42,48-57,75H,19-21,34,43-47,58H2,(H,97,98,105)/t75-/m0/s1. The quantitative estimate of drug-likeness (QED) is 0.0601. The fourth-order valence-corrected chi connectivity index (χ4v) is 16.0. The maximum Gasteiger partial charge on any atom is 0.267 e. The van der Waals surface area contributed by atoms with Gasteiger partial charge in [-0.3, -0.25) is 19.3 Å². The summed E-state index contributed by atoms with van der Waals surface area (Å²) in [5, 5.41) is 14.5. The molecule has 2 aliphatic heterocycles. The van der Waals surface area contributed by atoms with Crippen LogP contribution in [0.4, 0.5) is 43.7 Å². The van der Waals surface area contributed by atoms with Gasteiger partial charge in [-0.25, -0.2) is 35.7 Å². The van der Waals surface area contributed by atoms with Crippen LogP contribution in [0.25, 0.3) is 21.8 Å². The zero-order chi connectivity index (χ0) is 73.3. The van der Waals surface area contributed by atoms with Crippen molar-refractivity contribution in [3.8, 4) is 0 Å². The molecule has 0 radical (unpaired) electrons. The van der Waals surface area contributed by atoms with Crippen molar-refractivity contribution in [2.24, 2.45) is 0 Å². The van der Waals surface area contributed by atoms with Gasteiger partial charge in [0.1, 0.15) is 46.0 Å². The average Bonchev–Trinajstić information content (AvgIpc) is 1.48. The Balaban J connectivity index is 0.893. The summed E-state index contributed by atoms with van der Waals surface area (Å²) in [7, 11) is 0. The average molecular weight is 1430 g/mol. The van der Waals surface area contributed by atoms with Crippen molar-refractivity contribution in [2.75, 3.05) is 36.4 Å². The van der Waals surface area contributed by atoms with Crippen molar-refractivity contribution in [3.05, 3.63) is 398 Å². The number of amides is 3. The van der Waals surface area contributed by atoms with E-state index in [-0.39, 0.29) is 52.6 Å². The van der Waals surface area contributed by atoms with Crippen LogP contribution >= 0.6 is 0 Å². The smallest absolute Gasteiger partial charge is 0.267 e. The fraction of sp³-hybridized carbons (Fsp3) is 0.144. The van der Waals surface area contributed by atoms with Crippen molar-refractivity contribution < 1.29 is 40.7 Å². The molecule has 0 aliphatic carbocycles. The topological polar surface area (TPSA) is 109 Å². The third-order valence-corrected chi connectivity index (χ3v) is 20.8. The molecule has 0 saturated carbocycles. The Bertz CT molecular complexity index is 5410. The van der Waals surface area contributed by atoms with Gasteiger partial charge in [0, 0.05) is 53.2 Å². The minimum Gasteiger partial charge on any atom is -0.334 e. The molecule has 2 fully saturated rings. The predicted molar refractivity (Wildman–Crippen MR) is 404 cm³/mol. The van der Waals surface area contributed by atoms with Gasteiger partial charge in [-0.2, -0.15) is 10.2 Å². The molecule has 12 aromatic carbocycles. The van der Waals surface area contributed by atoms with E-state index in [2.05, 4.69) is 10.2 Å². The first kappa shape index (κ1) is 68.9. The summed E-state index contributed by atoms with van der Waals surface area (Å²) in [4.78, 5) is 52.8. The summed E-state index contributed by atoms with van der Waals surface area (Å²) < 4.78 is 99.4. The maximum absolute atomic E-state index is 18.1. The number of halogens is 6. The fourth-order valence-electron chi connectivity index (χ4n) is 16.0. The first-order valence-corrected chi connectivity index (χ1v) is 35.8. The van der Waals surface area contributed by atoms with Crippen LogP contribution in [0.1, 0.15) is 112 Å². The number of carbonyl (C=O) groups excluding carboxylic acids is 3. The Kier molecular flexibility index (Phi) is 18.8. The van der Waals surface area contributed by atoms with Crippen molar-refractivity contribution in [2.45, 2.75) is 55.6 Å². The third-order valence-electron chi connectivity index (χ3n) is 20.8. The number of carbonyl (C=O) groups is 3. The number of fused-ring (bicyclic) bond motifs is 2. The van der Waals surface area contributed by atoms with E-state index in [1.165, 1.54) is 42.5 Å². The van der Waals surface area contributed by atoms with E-state index in [9.17, 15) is 8.78 Å². The molecule has 0 spiro atoms. The van der Waals surface area contributed by atoms with E-state index in [1.807, 2.05) is 199 Å². The summed E-state index contributed by atoms with van der Waals surface area (Å²) in [6.45, 7) is 2.90. The number of aromatic nitrogens is 4. The first-order chi connectivity index (χ1) is 52.2. The van der Waals surface area contributed by atoms with E-state index < -0.39 is 75.0 Å². The Morgan fingerprint density at radius 2 is 0.850 bits per heavy atom. The maximum atomic E-state index is 18.1. The molecule has 4 heterocycles. The van der Waals surface area contributed by atoms with Crippen LogP contribution in [0, 0.1) is 34.9 Å².